The summed E-state index contributed by atoms with van der Waals surface area (Å²) in [7, 11) is -3.21. The normalized spacial score (nSPS) is 19.1. The van der Waals surface area contributed by atoms with Crippen LogP contribution >= 0.6 is 0 Å². The molecule has 0 aliphatic carbocycles. The molecule has 1 amide bonds. The maximum absolute atomic E-state index is 16.8. The number of pyridine rings is 1. The van der Waals surface area contributed by atoms with E-state index < -0.39 is 44.1 Å². The number of fused-ring (bicyclic) bond motifs is 2. The Hall–Kier alpha value is -4.52. The summed E-state index contributed by atoms with van der Waals surface area (Å²) in [4.78, 5) is 20.8. The number of halogens is 2. The summed E-state index contributed by atoms with van der Waals surface area (Å²) in [5.41, 5.74) is 2.75. The lowest BCUT2D eigenvalue weighted by Crippen LogP contribution is -2.67. The van der Waals surface area contributed by atoms with Crippen molar-refractivity contribution in [3.05, 3.63) is 108 Å². The van der Waals surface area contributed by atoms with Gasteiger partial charge in [-0.15, -0.1) is 0 Å². The molecule has 3 aromatic carbocycles. The van der Waals surface area contributed by atoms with Crippen molar-refractivity contribution >= 4 is 30.5 Å². The number of likely N-dealkylation sites (tertiary alicyclic amines) is 1. The largest absolute Gasteiger partial charge is 0.454 e. The van der Waals surface area contributed by atoms with E-state index in [4.69, 9.17) is 23.6 Å². The zero-order valence-corrected chi connectivity index (χ0v) is 33.8. The molecule has 55 heavy (non-hydrogen) atoms. The number of anilines is 1. The second-order valence-corrected chi connectivity index (χ2v) is 21.3. The Labute approximate surface area is 324 Å². The second-order valence-electron chi connectivity index (χ2n) is 17.0. The average Bonchev–Trinajstić information content (AvgIpc) is 3.57. The number of hydrogen-bond acceptors (Lipinski definition) is 8. The standard InChI is InChI=1S/C43H52F2N4O5Si/c1-29-20-30-21-37-38(52-28-51-37)22-35(30)39(36-19-18-31(23-46-36)47-32-24-48(25-32)40(50)54-41(2,3)4)49(29)26-43(44,45)27-53-55(42(5,6)7,33-14-10-8-11-15-33)34-16-12-9-13-17-34/h8-19,21-23,29,32,39,47H,20,24-28H2,1-7H3/t29-,39+/m1/s1. The molecule has 9 nitrogen and oxygen atoms in total. The van der Waals surface area contributed by atoms with Gasteiger partial charge in [-0.2, -0.15) is 0 Å². The van der Waals surface area contributed by atoms with E-state index in [0.29, 0.717) is 36.7 Å². The molecule has 0 radical (unpaired) electrons. The lowest BCUT2D eigenvalue weighted by molar-refractivity contribution is -0.0821. The average molecular weight is 771 g/mol. The van der Waals surface area contributed by atoms with Crippen LogP contribution in [-0.2, 0) is 15.6 Å². The fraction of sp³-hybridized carbons (Fsp3) is 0.442. The summed E-state index contributed by atoms with van der Waals surface area (Å²) < 4.78 is 57.3. The zero-order chi connectivity index (χ0) is 39.2. The second kappa shape index (κ2) is 14.9. The molecule has 4 heterocycles. The zero-order valence-electron chi connectivity index (χ0n) is 32.8. The minimum Gasteiger partial charge on any atom is -0.454 e. The SMILES string of the molecule is C[C@@H]1Cc2cc3c(cc2[C@@H](c2ccc(NC4CN(C(=O)OC(C)(C)C)C4)cn2)N1CC(F)(F)CO[Si](c1ccccc1)(c1ccccc1)C(C)(C)C)OCO3. The molecular weight excluding hydrogens is 719 g/mol. The summed E-state index contributed by atoms with van der Waals surface area (Å²) in [6.45, 7) is 13.7. The van der Waals surface area contributed by atoms with E-state index in [9.17, 15) is 4.79 Å². The Morgan fingerprint density at radius 2 is 1.53 bits per heavy atom. The van der Waals surface area contributed by atoms with E-state index in [1.54, 1.807) is 11.1 Å². The molecule has 12 heteroatoms. The van der Waals surface area contributed by atoms with Crippen molar-refractivity contribution in [1.82, 2.24) is 14.8 Å². The molecule has 292 valence electrons. The fourth-order valence-electron chi connectivity index (χ4n) is 8.10. The Morgan fingerprint density at radius 1 is 0.909 bits per heavy atom. The van der Waals surface area contributed by atoms with Crippen molar-refractivity contribution in [3.8, 4) is 11.5 Å². The number of nitrogens with one attached hydrogen (secondary N) is 1. The summed E-state index contributed by atoms with van der Waals surface area (Å²) in [6.07, 6.45) is 1.96. The Morgan fingerprint density at radius 3 is 2.09 bits per heavy atom. The number of carbonyl (C=O) groups is 1. The van der Waals surface area contributed by atoms with Gasteiger partial charge in [0.15, 0.2) is 11.5 Å². The molecule has 3 aliphatic rings. The molecule has 1 saturated heterocycles. The minimum absolute atomic E-state index is 0.0427. The van der Waals surface area contributed by atoms with Crippen molar-refractivity contribution in [3.63, 3.8) is 0 Å². The third kappa shape index (κ3) is 8.08. The summed E-state index contributed by atoms with van der Waals surface area (Å²) in [5.74, 6) is -1.95. The maximum atomic E-state index is 16.8. The van der Waals surface area contributed by atoms with Gasteiger partial charge in [0.1, 0.15) is 5.60 Å². The maximum Gasteiger partial charge on any atom is 0.410 e. The van der Waals surface area contributed by atoms with Crippen LogP contribution in [0, 0.1) is 0 Å². The van der Waals surface area contributed by atoms with Gasteiger partial charge in [-0.3, -0.25) is 9.88 Å². The van der Waals surface area contributed by atoms with Crippen LogP contribution in [0.1, 0.15) is 71.3 Å². The monoisotopic (exact) mass is 770 g/mol. The highest BCUT2D eigenvalue weighted by molar-refractivity contribution is 6.99. The Balaban J connectivity index is 1.15. The molecule has 0 spiro atoms. The highest BCUT2D eigenvalue weighted by Gasteiger charge is 2.52. The third-order valence-electron chi connectivity index (χ3n) is 10.6. The van der Waals surface area contributed by atoms with Gasteiger partial charge in [0.2, 0.25) is 6.79 Å². The van der Waals surface area contributed by atoms with E-state index >= 15 is 8.78 Å². The molecule has 0 bridgehead atoms. The lowest BCUT2D eigenvalue weighted by Gasteiger charge is -2.45. The molecule has 1 aromatic heterocycles. The van der Waals surface area contributed by atoms with Gasteiger partial charge < -0.3 is 28.9 Å². The van der Waals surface area contributed by atoms with Gasteiger partial charge >= 0.3 is 6.09 Å². The van der Waals surface area contributed by atoms with Crippen LogP contribution in [0.4, 0.5) is 19.3 Å². The van der Waals surface area contributed by atoms with E-state index in [2.05, 4.69) is 26.1 Å². The van der Waals surface area contributed by atoms with Gasteiger partial charge in [0.05, 0.1) is 42.8 Å². The number of ether oxygens (including phenoxy) is 3. The first-order valence-electron chi connectivity index (χ1n) is 19.0. The number of rotatable bonds is 10. The van der Waals surface area contributed by atoms with Crippen molar-refractivity contribution in [1.29, 1.82) is 0 Å². The predicted octanol–water partition coefficient (Wildman–Crippen LogP) is 7.39. The Kier molecular flexibility index (Phi) is 10.5. The summed E-state index contributed by atoms with van der Waals surface area (Å²) in [6, 6.07) is 26.7. The molecule has 1 N–H and O–H groups in total. The highest BCUT2D eigenvalue weighted by Crippen LogP contribution is 2.45. The molecule has 1 fully saturated rings. The number of aromatic nitrogens is 1. The molecule has 0 unspecified atom stereocenters. The third-order valence-corrected chi connectivity index (χ3v) is 15.6. The van der Waals surface area contributed by atoms with Crippen LogP contribution in [0.2, 0.25) is 5.04 Å². The van der Waals surface area contributed by atoms with Gasteiger partial charge in [-0.05, 0) is 84.9 Å². The van der Waals surface area contributed by atoms with Gasteiger partial charge in [-0.1, -0.05) is 81.4 Å². The van der Waals surface area contributed by atoms with Gasteiger partial charge in [0, 0.05) is 19.1 Å². The first-order valence-corrected chi connectivity index (χ1v) is 21.0. The lowest BCUT2D eigenvalue weighted by atomic mass is 9.86. The van der Waals surface area contributed by atoms with Crippen LogP contribution in [0.15, 0.2) is 91.1 Å². The molecular formula is C43H52F2N4O5Si. The quantitative estimate of drug-likeness (QED) is 0.167. The first-order chi connectivity index (χ1) is 26.0. The van der Waals surface area contributed by atoms with E-state index in [1.165, 1.54) is 0 Å². The van der Waals surface area contributed by atoms with E-state index in [1.807, 2.05) is 118 Å². The van der Waals surface area contributed by atoms with Crippen LogP contribution < -0.4 is 25.2 Å². The van der Waals surface area contributed by atoms with Crippen LogP contribution in [-0.4, -0.2) is 85.8 Å². The number of hydrogen-bond donors (Lipinski definition) is 1. The highest BCUT2D eigenvalue weighted by atomic mass is 28.4. The molecule has 3 aliphatic heterocycles. The van der Waals surface area contributed by atoms with Crippen LogP contribution in [0.25, 0.3) is 0 Å². The van der Waals surface area contributed by atoms with E-state index in [0.717, 1.165) is 27.2 Å². The number of benzene rings is 3. The van der Waals surface area contributed by atoms with Crippen molar-refractivity contribution in [2.45, 2.75) is 89.6 Å². The number of nitrogens with zero attached hydrogens (tertiary/aromatic N) is 3. The van der Waals surface area contributed by atoms with E-state index in [-0.39, 0.29) is 25.0 Å². The first kappa shape index (κ1) is 38.7. The van der Waals surface area contributed by atoms with Crippen molar-refractivity contribution < 1.29 is 32.2 Å². The number of carbonyl (C=O) groups excluding carboxylic acids is 1. The van der Waals surface area contributed by atoms with Crippen molar-refractivity contribution in [2.24, 2.45) is 0 Å². The smallest absolute Gasteiger partial charge is 0.410 e. The van der Waals surface area contributed by atoms with Gasteiger partial charge in [-0.25, -0.2) is 13.6 Å². The molecule has 2 atom stereocenters. The minimum atomic E-state index is -3.21. The Bertz CT molecular complexity index is 1930. The number of amides is 1. The molecule has 0 saturated carbocycles. The van der Waals surface area contributed by atoms with Gasteiger partial charge in [0.25, 0.3) is 14.2 Å². The van der Waals surface area contributed by atoms with Crippen molar-refractivity contribution in [2.75, 3.05) is 38.4 Å². The van der Waals surface area contributed by atoms with Crippen LogP contribution in [0.3, 0.4) is 0 Å². The molecule has 7 rings (SSSR count). The predicted molar refractivity (Wildman–Crippen MR) is 212 cm³/mol. The summed E-state index contributed by atoms with van der Waals surface area (Å²) >= 11 is 0. The summed E-state index contributed by atoms with van der Waals surface area (Å²) in [5, 5.41) is 4.91. The molecule has 4 aromatic rings. The number of alkyl halides is 2. The fourth-order valence-corrected chi connectivity index (χ4v) is 12.7. The van der Waals surface area contributed by atoms with Crippen LogP contribution in [0.5, 0.6) is 11.5 Å². The topological polar surface area (TPSA) is 85.4 Å².